The first-order chi connectivity index (χ1) is 7.27. The van der Waals surface area contributed by atoms with Crippen molar-refractivity contribution in [3.8, 4) is 0 Å². The third-order valence-electron chi connectivity index (χ3n) is 3.23. The Morgan fingerprint density at radius 3 is 2.67 bits per heavy atom. The quantitative estimate of drug-likeness (QED) is 0.832. The third-order valence-corrected chi connectivity index (χ3v) is 4.09. The molecule has 2 nitrogen and oxygen atoms in total. The van der Waals surface area contributed by atoms with Crippen LogP contribution >= 0.6 is 11.3 Å². The third kappa shape index (κ3) is 2.25. The molecule has 15 heavy (non-hydrogen) atoms. The Bertz CT molecular complexity index is 319. The Hall–Kier alpha value is -0.380. The van der Waals surface area contributed by atoms with Crippen LogP contribution in [-0.2, 0) is 4.74 Å². The molecule has 1 aliphatic rings. The normalized spacial score (nSPS) is 20.2. The van der Waals surface area contributed by atoms with E-state index in [0.717, 1.165) is 5.92 Å². The highest BCUT2D eigenvalue weighted by atomic mass is 32.1. The number of aryl methyl sites for hydroxylation is 1. The zero-order chi connectivity index (χ0) is 10.8. The lowest BCUT2D eigenvalue weighted by Gasteiger charge is -2.26. The summed E-state index contributed by atoms with van der Waals surface area (Å²) in [6.45, 7) is 2.18. The van der Waals surface area contributed by atoms with Crippen LogP contribution in [0.25, 0.3) is 0 Å². The summed E-state index contributed by atoms with van der Waals surface area (Å²) in [6.07, 6.45) is 2.98. The maximum atomic E-state index is 5.65. The zero-order valence-electron chi connectivity index (χ0n) is 9.62. The summed E-state index contributed by atoms with van der Waals surface area (Å²) in [5.74, 6) is 0.756. The zero-order valence-corrected chi connectivity index (χ0v) is 10.4. The fraction of sp³-hybridized carbons (Fsp3) is 0.667. The van der Waals surface area contributed by atoms with E-state index in [2.05, 4.69) is 23.7 Å². The summed E-state index contributed by atoms with van der Waals surface area (Å²) >= 11 is 1.81. The van der Waals surface area contributed by atoms with Gasteiger partial charge in [-0.15, -0.1) is 11.3 Å². The van der Waals surface area contributed by atoms with E-state index in [9.17, 15) is 0 Å². The number of hydrogen-bond donors (Lipinski definition) is 1. The lowest BCUT2D eigenvalue weighted by Crippen LogP contribution is -2.32. The van der Waals surface area contributed by atoms with Crippen molar-refractivity contribution in [3.05, 3.63) is 21.9 Å². The van der Waals surface area contributed by atoms with Crippen LogP contribution in [0.1, 0.15) is 29.3 Å². The van der Waals surface area contributed by atoms with Gasteiger partial charge >= 0.3 is 0 Å². The van der Waals surface area contributed by atoms with Gasteiger partial charge in [0.15, 0.2) is 0 Å². The number of hydrogen-bond acceptors (Lipinski definition) is 3. The summed E-state index contributed by atoms with van der Waals surface area (Å²) < 4.78 is 5.65. The van der Waals surface area contributed by atoms with Gasteiger partial charge in [0.05, 0.1) is 12.1 Å². The average molecular weight is 225 g/mol. The summed E-state index contributed by atoms with van der Waals surface area (Å²) in [4.78, 5) is 1.40. The second-order valence-electron chi connectivity index (χ2n) is 4.24. The molecule has 0 aliphatic heterocycles. The molecule has 1 heterocycles. The number of likely N-dealkylation sites (N-methyl/N-ethyl adjacent to an activating group) is 1. The van der Waals surface area contributed by atoms with Gasteiger partial charge in [-0.05, 0) is 49.7 Å². The van der Waals surface area contributed by atoms with Gasteiger partial charge in [-0.25, -0.2) is 0 Å². The minimum Gasteiger partial charge on any atom is -0.379 e. The molecule has 0 radical (unpaired) electrons. The maximum Gasteiger partial charge on any atom is 0.0794 e. The van der Waals surface area contributed by atoms with Crippen LogP contribution in [-0.4, -0.2) is 20.3 Å². The minimum absolute atomic E-state index is 0.336. The highest BCUT2D eigenvalue weighted by Crippen LogP contribution is 2.40. The number of ether oxygens (including phenoxy) is 1. The number of nitrogens with one attached hydrogen (secondary N) is 1. The standard InChI is InChI=1S/C12H19NOS/c1-8-10(6-7-15-8)11(13-2)12(14-3)9-4-5-9/h6-7,9,11-13H,4-5H2,1-3H3. The number of thiophene rings is 1. The van der Waals surface area contributed by atoms with E-state index in [4.69, 9.17) is 4.74 Å². The van der Waals surface area contributed by atoms with E-state index < -0.39 is 0 Å². The smallest absolute Gasteiger partial charge is 0.0794 e. The molecule has 1 saturated carbocycles. The summed E-state index contributed by atoms with van der Waals surface area (Å²) in [7, 11) is 3.85. The molecule has 1 fully saturated rings. The van der Waals surface area contributed by atoms with Crippen molar-refractivity contribution in [1.82, 2.24) is 5.32 Å². The van der Waals surface area contributed by atoms with Crippen molar-refractivity contribution in [3.63, 3.8) is 0 Å². The van der Waals surface area contributed by atoms with Crippen LogP contribution in [0, 0.1) is 12.8 Å². The number of rotatable bonds is 5. The van der Waals surface area contributed by atoms with Gasteiger partial charge in [-0.3, -0.25) is 0 Å². The molecule has 1 aliphatic carbocycles. The van der Waals surface area contributed by atoms with Gasteiger partial charge in [-0.1, -0.05) is 0 Å². The molecule has 1 N–H and O–H groups in total. The molecule has 0 amide bonds. The van der Waals surface area contributed by atoms with E-state index in [1.165, 1.54) is 23.3 Å². The monoisotopic (exact) mass is 225 g/mol. The SMILES string of the molecule is CNC(c1ccsc1C)C(OC)C1CC1. The molecule has 1 aromatic heterocycles. The summed E-state index contributed by atoms with van der Waals surface area (Å²) in [5, 5.41) is 5.56. The van der Waals surface area contributed by atoms with Crippen molar-refractivity contribution in [2.24, 2.45) is 5.92 Å². The molecular weight excluding hydrogens is 206 g/mol. The lowest BCUT2D eigenvalue weighted by atomic mass is 9.99. The van der Waals surface area contributed by atoms with E-state index in [1.54, 1.807) is 0 Å². The first kappa shape index (κ1) is 11.1. The lowest BCUT2D eigenvalue weighted by molar-refractivity contribution is 0.0530. The first-order valence-electron chi connectivity index (χ1n) is 5.52. The second-order valence-corrected chi connectivity index (χ2v) is 5.36. The average Bonchev–Trinajstić information content (AvgIpc) is 2.99. The molecule has 2 unspecified atom stereocenters. The second kappa shape index (κ2) is 4.64. The van der Waals surface area contributed by atoms with Crippen LogP contribution < -0.4 is 5.32 Å². The molecule has 1 aromatic rings. The summed E-state index contributed by atoms with van der Waals surface area (Å²) in [5.41, 5.74) is 1.40. The van der Waals surface area contributed by atoms with Crippen LogP contribution in [0.5, 0.6) is 0 Å². The van der Waals surface area contributed by atoms with Gasteiger partial charge < -0.3 is 10.1 Å². The minimum atomic E-state index is 0.336. The Morgan fingerprint density at radius 1 is 1.53 bits per heavy atom. The Labute approximate surface area is 95.6 Å². The van der Waals surface area contributed by atoms with Crippen molar-refractivity contribution in [2.75, 3.05) is 14.2 Å². The molecule has 3 heteroatoms. The Balaban J connectivity index is 2.18. The van der Waals surface area contributed by atoms with Crippen LogP contribution in [0.2, 0.25) is 0 Å². The van der Waals surface area contributed by atoms with Crippen molar-refractivity contribution >= 4 is 11.3 Å². The molecular formula is C12H19NOS. The van der Waals surface area contributed by atoms with Crippen molar-refractivity contribution in [2.45, 2.75) is 31.9 Å². The molecule has 0 spiro atoms. The number of methoxy groups -OCH3 is 1. The highest BCUT2D eigenvalue weighted by Gasteiger charge is 2.37. The maximum absolute atomic E-state index is 5.65. The molecule has 0 saturated heterocycles. The van der Waals surface area contributed by atoms with Crippen LogP contribution in [0.4, 0.5) is 0 Å². The van der Waals surface area contributed by atoms with Crippen LogP contribution in [0.3, 0.4) is 0 Å². The molecule has 0 aromatic carbocycles. The van der Waals surface area contributed by atoms with Gasteiger partial charge in [0.1, 0.15) is 0 Å². The van der Waals surface area contributed by atoms with Gasteiger partial charge in [-0.2, -0.15) is 0 Å². The van der Waals surface area contributed by atoms with E-state index in [0.29, 0.717) is 12.1 Å². The predicted octanol–water partition coefficient (Wildman–Crippen LogP) is 2.74. The van der Waals surface area contributed by atoms with E-state index >= 15 is 0 Å². The topological polar surface area (TPSA) is 21.3 Å². The molecule has 84 valence electrons. The highest BCUT2D eigenvalue weighted by molar-refractivity contribution is 7.10. The first-order valence-corrected chi connectivity index (χ1v) is 6.40. The van der Waals surface area contributed by atoms with Gasteiger partial charge in [0, 0.05) is 12.0 Å². The van der Waals surface area contributed by atoms with Gasteiger partial charge in [0.2, 0.25) is 0 Å². The molecule has 0 bridgehead atoms. The van der Waals surface area contributed by atoms with Crippen molar-refractivity contribution < 1.29 is 4.74 Å². The van der Waals surface area contributed by atoms with E-state index in [-0.39, 0.29) is 0 Å². The molecule has 2 atom stereocenters. The van der Waals surface area contributed by atoms with Crippen LogP contribution in [0.15, 0.2) is 11.4 Å². The Kier molecular flexibility index (Phi) is 3.44. The van der Waals surface area contributed by atoms with Gasteiger partial charge in [0.25, 0.3) is 0 Å². The van der Waals surface area contributed by atoms with E-state index in [1.807, 2.05) is 25.5 Å². The predicted molar refractivity (Wildman–Crippen MR) is 64.4 cm³/mol. The summed E-state index contributed by atoms with van der Waals surface area (Å²) in [6, 6.07) is 2.57. The molecule has 2 rings (SSSR count). The Morgan fingerprint density at radius 2 is 2.27 bits per heavy atom. The fourth-order valence-corrected chi connectivity index (χ4v) is 2.99. The largest absolute Gasteiger partial charge is 0.379 e. The fourth-order valence-electron chi connectivity index (χ4n) is 2.24. The van der Waals surface area contributed by atoms with Crippen molar-refractivity contribution in [1.29, 1.82) is 0 Å².